The molecule has 3 nitrogen and oxygen atoms in total. The highest BCUT2D eigenvalue weighted by Gasteiger charge is 2.17. The first-order valence-electron chi connectivity index (χ1n) is 13.1. The zero-order chi connectivity index (χ0) is 25.8. The van der Waals surface area contributed by atoms with Crippen molar-refractivity contribution < 1.29 is 0 Å². The van der Waals surface area contributed by atoms with Crippen LogP contribution in [0.15, 0.2) is 140 Å². The van der Waals surface area contributed by atoms with Gasteiger partial charge in [-0.3, -0.25) is 4.90 Å². The molecule has 0 aliphatic carbocycles. The van der Waals surface area contributed by atoms with Gasteiger partial charge < -0.3 is 4.57 Å². The summed E-state index contributed by atoms with van der Waals surface area (Å²) >= 11 is 1.80. The summed E-state index contributed by atoms with van der Waals surface area (Å²) in [5, 5.41) is 5.02. The number of thiophene rings is 1. The molecule has 0 N–H and O–H groups in total. The van der Waals surface area contributed by atoms with Crippen LogP contribution in [0, 0.1) is 0 Å². The largest absolute Gasteiger partial charge is 0.309 e. The third-order valence-electron chi connectivity index (χ3n) is 7.42. The van der Waals surface area contributed by atoms with Gasteiger partial charge in [-0.2, -0.15) is 0 Å². The lowest BCUT2D eigenvalue weighted by Gasteiger charge is -2.24. The molecule has 0 bridgehead atoms. The van der Waals surface area contributed by atoms with Crippen molar-refractivity contribution in [2.24, 2.45) is 0 Å². The molecule has 184 valence electrons. The number of nitrogens with zero attached hydrogens (tertiary/aromatic N) is 3. The second kappa shape index (κ2) is 8.83. The van der Waals surface area contributed by atoms with E-state index in [-0.39, 0.29) is 0 Å². The van der Waals surface area contributed by atoms with Crippen molar-refractivity contribution >= 4 is 70.5 Å². The number of para-hydroxylation sites is 4. The predicted octanol–water partition coefficient (Wildman–Crippen LogP) is 10.0. The monoisotopic (exact) mass is 517 g/mol. The molecule has 8 aromatic rings. The zero-order valence-electron chi connectivity index (χ0n) is 21.0. The fraction of sp³-hybridized carbons (Fsp3) is 0. The molecule has 8 rings (SSSR count). The molecule has 0 unspecified atom stereocenters. The molecule has 5 aromatic carbocycles. The van der Waals surface area contributed by atoms with Crippen molar-refractivity contribution in [3.8, 4) is 5.69 Å². The van der Waals surface area contributed by atoms with Gasteiger partial charge in [0.1, 0.15) is 5.82 Å². The molecule has 0 radical (unpaired) electrons. The number of hydrogen-bond acceptors (Lipinski definition) is 3. The highest BCUT2D eigenvalue weighted by atomic mass is 32.1. The lowest BCUT2D eigenvalue weighted by Crippen LogP contribution is -2.11. The van der Waals surface area contributed by atoms with Crippen molar-refractivity contribution in [2.75, 3.05) is 4.90 Å². The summed E-state index contributed by atoms with van der Waals surface area (Å²) in [5.41, 5.74) is 5.78. The minimum absolute atomic E-state index is 0.905. The molecule has 0 saturated heterocycles. The fourth-order valence-electron chi connectivity index (χ4n) is 5.69. The summed E-state index contributed by atoms with van der Waals surface area (Å²) in [5.74, 6) is 0.905. The first-order valence-corrected chi connectivity index (χ1v) is 13.9. The van der Waals surface area contributed by atoms with E-state index < -0.39 is 0 Å². The maximum atomic E-state index is 4.94. The Morgan fingerprint density at radius 2 is 1.08 bits per heavy atom. The number of aromatic nitrogens is 2. The van der Waals surface area contributed by atoms with Crippen molar-refractivity contribution in [3.05, 3.63) is 140 Å². The van der Waals surface area contributed by atoms with E-state index >= 15 is 0 Å². The van der Waals surface area contributed by atoms with E-state index in [1.54, 1.807) is 11.3 Å². The molecule has 0 spiro atoms. The molecule has 39 heavy (non-hydrogen) atoms. The standard InChI is InChI=1S/C35H23N3S/c1-3-11-24(12-4-1)37(25-13-5-2-6-14-25)35-22-30-29-21-26(19-20-33(29)39-34(30)23-36-35)38-31-17-9-7-15-27(31)28-16-8-10-18-32(28)38/h1-23H. The average Bonchev–Trinajstić information content (AvgIpc) is 3.53. The van der Waals surface area contributed by atoms with Crippen LogP contribution in [0.2, 0.25) is 0 Å². The molecule has 0 aliphatic rings. The van der Waals surface area contributed by atoms with E-state index in [4.69, 9.17) is 4.98 Å². The predicted molar refractivity (Wildman–Crippen MR) is 166 cm³/mol. The van der Waals surface area contributed by atoms with Crippen LogP contribution < -0.4 is 4.90 Å². The Balaban J connectivity index is 1.36. The van der Waals surface area contributed by atoms with Gasteiger partial charge in [0.25, 0.3) is 0 Å². The minimum Gasteiger partial charge on any atom is -0.309 e. The van der Waals surface area contributed by atoms with Gasteiger partial charge in [0.15, 0.2) is 0 Å². The Labute approximate surface area is 229 Å². The van der Waals surface area contributed by atoms with Crippen LogP contribution in [0.25, 0.3) is 47.7 Å². The Morgan fingerprint density at radius 3 is 1.72 bits per heavy atom. The summed E-state index contributed by atoms with van der Waals surface area (Å²) in [4.78, 5) is 7.16. The van der Waals surface area contributed by atoms with Gasteiger partial charge in [-0.05, 0) is 60.7 Å². The van der Waals surface area contributed by atoms with Gasteiger partial charge in [0.05, 0.1) is 15.7 Å². The van der Waals surface area contributed by atoms with Crippen molar-refractivity contribution in [3.63, 3.8) is 0 Å². The molecule has 0 atom stereocenters. The quantitative estimate of drug-likeness (QED) is 0.232. The molecule has 0 amide bonds. The summed E-state index contributed by atoms with van der Waals surface area (Å²) in [6, 6.07) is 47.3. The first-order chi connectivity index (χ1) is 19.3. The third-order valence-corrected chi connectivity index (χ3v) is 8.54. The SMILES string of the molecule is c1ccc(N(c2ccccc2)c2cc3c(cn2)sc2ccc(-n4c5ccccc5c5ccccc54)cc23)cc1. The van der Waals surface area contributed by atoms with E-state index in [1.165, 1.54) is 47.7 Å². The first kappa shape index (κ1) is 22.1. The lowest BCUT2D eigenvalue weighted by molar-refractivity contribution is 1.19. The zero-order valence-corrected chi connectivity index (χ0v) is 21.8. The van der Waals surface area contributed by atoms with Gasteiger partial charge in [-0.1, -0.05) is 72.8 Å². The van der Waals surface area contributed by atoms with Crippen LogP contribution in [0.4, 0.5) is 17.2 Å². The Bertz CT molecular complexity index is 2030. The number of rotatable bonds is 4. The molecule has 4 heteroatoms. The molecular weight excluding hydrogens is 494 g/mol. The van der Waals surface area contributed by atoms with Gasteiger partial charge in [-0.25, -0.2) is 4.98 Å². The van der Waals surface area contributed by atoms with E-state index in [2.05, 4.69) is 131 Å². The second-order valence-corrected chi connectivity index (χ2v) is 10.8. The second-order valence-electron chi connectivity index (χ2n) is 9.70. The summed E-state index contributed by atoms with van der Waals surface area (Å²) in [6.45, 7) is 0. The Kier molecular flexibility index (Phi) is 5.00. The summed E-state index contributed by atoms with van der Waals surface area (Å²) < 4.78 is 4.84. The van der Waals surface area contributed by atoms with Crippen molar-refractivity contribution in [2.45, 2.75) is 0 Å². The maximum absolute atomic E-state index is 4.94. The van der Waals surface area contributed by atoms with Gasteiger partial charge in [0, 0.05) is 49.5 Å². The minimum atomic E-state index is 0.905. The van der Waals surface area contributed by atoms with Crippen LogP contribution in [0.1, 0.15) is 0 Å². The number of fused-ring (bicyclic) bond motifs is 6. The third kappa shape index (κ3) is 3.53. The van der Waals surface area contributed by atoms with E-state index in [0.29, 0.717) is 0 Å². The van der Waals surface area contributed by atoms with Crippen LogP contribution in [-0.2, 0) is 0 Å². The Morgan fingerprint density at radius 1 is 0.513 bits per heavy atom. The van der Waals surface area contributed by atoms with Gasteiger partial charge >= 0.3 is 0 Å². The average molecular weight is 518 g/mol. The summed E-state index contributed by atoms with van der Waals surface area (Å²) in [7, 11) is 0. The molecule has 0 fully saturated rings. The van der Waals surface area contributed by atoms with Crippen molar-refractivity contribution in [1.82, 2.24) is 9.55 Å². The number of anilines is 3. The van der Waals surface area contributed by atoms with E-state index in [9.17, 15) is 0 Å². The fourth-order valence-corrected chi connectivity index (χ4v) is 6.73. The van der Waals surface area contributed by atoms with Crippen LogP contribution >= 0.6 is 11.3 Å². The topological polar surface area (TPSA) is 21.1 Å². The molecule has 3 heterocycles. The van der Waals surface area contributed by atoms with E-state index in [0.717, 1.165) is 17.2 Å². The number of hydrogen-bond donors (Lipinski definition) is 0. The number of benzene rings is 5. The van der Waals surface area contributed by atoms with Gasteiger partial charge in [0.2, 0.25) is 0 Å². The molecule has 0 aliphatic heterocycles. The summed E-state index contributed by atoms with van der Waals surface area (Å²) in [6.07, 6.45) is 2.02. The lowest BCUT2D eigenvalue weighted by atomic mass is 10.1. The normalized spacial score (nSPS) is 11.6. The number of pyridine rings is 1. The highest BCUT2D eigenvalue weighted by molar-refractivity contribution is 7.25. The van der Waals surface area contributed by atoms with Crippen LogP contribution in [0.5, 0.6) is 0 Å². The van der Waals surface area contributed by atoms with Crippen LogP contribution in [0.3, 0.4) is 0 Å². The van der Waals surface area contributed by atoms with Gasteiger partial charge in [-0.15, -0.1) is 11.3 Å². The molecular formula is C35H23N3S. The molecule has 3 aromatic heterocycles. The molecule has 0 saturated carbocycles. The smallest absolute Gasteiger partial charge is 0.138 e. The van der Waals surface area contributed by atoms with Crippen molar-refractivity contribution in [1.29, 1.82) is 0 Å². The Hall–Kier alpha value is -4.93. The van der Waals surface area contributed by atoms with E-state index in [1.807, 2.05) is 18.3 Å². The highest BCUT2D eigenvalue weighted by Crippen LogP contribution is 2.40. The maximum Gasteiger partial charge on any atom is 0.138 e. The van der Waals surface area contributed by atoms with Crippen LogP contribution in [-0.4, -0.2) is 9.55 Å².